The second kappa shape index (κ2) is 6.68. The van der Waals surface area contributed by atoms with Gasteiger partial charge < -0.3 is 4.74 Å². The minimum absolute atomic E-state index is 0.0125. The molecule has 0 amide bonds. The number of halogens is 1. The van der Waals surface area contributed by atoms with Crippen molar-refractivity contribution in [3.63, 3.8) is 0 Å². The van der Waals surface area contributed by atoms with Crippen molar-refractivity contribution in [3.05, 3.63) is 10.1 Å². The van der Waals surface area contributed by atoms with Crippen molar-refractivity contribution in [2.24, 2.45) is 0 Å². The summed E-state index contributed by atoms with van der Waals surface area (Å²) in [5.41, 5.74) is 1.19. The number of ether oxygens (including phenoxy) is 1. The predicted molar refractivity (Wildman–Crippen MR) is 72.9 cm³/mol. The van der Waals surface area contributed by atoms with Crippen LogP contribution in [0.1, 0.15) is 26.2 Å². The van der Waals surface area contributed by atoms with Crippen molar-refractivity contribution in [2.75, 3.05) is 26.0 Å². The molecular formula is C11H18BrNO4S. The van der Waals surface area contributed by atoms with Crippen LogP contribution in [0, 0.1) is 0 Å². The van der Waals surface area contributed by atoms with Gasteiger partial charge >= 0.3 is 5.97 Å². The molecule has 1 rings (SSSR count). The molecule has 0 atom stereocenters. The summed E-state index contributed by atoms with van der Waals surface area (Å²) in [5.74, 6) is -0.387. The summed E-state index contributed by atoms with van der Waals surface area (Å²) >= 11 is 3.39. The van der Waals surface area contributed by atoms with E-state index in [0.29, 0.717) is 19.5 Å². The van der Waals surface area contributed by atoms with Gasteiger partial charge in [-0.25, -0.2) is 8.42 Å². The molecule has 0 aromatic carbocycles. The number of hydrogen-bond donors (Lipinski definition) is 0. The highest BCUT2D eigenvalue weighted by atomic mass is 79.9. The normalized spacial score (nSPS) is 17.9. The lowest BCUT2D eigenvalue weighted by molar-refractivity contribution is -0.140. The average Bonchev–Trinajstić information content (AvgIpc) is 2.32. The van der Waals surface area contributed by atoms with E-state index in [2.05, 4.69) is 20.7 Å². The minimum Gasteiger partial charge on any atom is -0.469 e. The van der Waals surface area contributed by atoms with Crippen LogP contribution in [-0.2, 0) is 19.6 Å². The van der Waals surface area contributed by atoms with Crippen molar-refractivity contribution in [3.8, 4) is 0 Å². The van der Waals surface area contributed by atoms with E-state index in [0.717, 1.165) is 10.9 Å². The molecule has 0 N–H and O–H groups in total. The number of nitrogens with zero attached hydrogens (tertiary/aromatic N) is 1. The Kier molecular flexibility index (Phi) is 5.81. The van der Waals surface area contributed by atoms with Crippen molar-refractivity contribution in [1.82, 2.24) is 4.31 Å². The van der Waals surface area contributed by atoms with Gasteiger partial charge in [0, 0.05) is 24.0 Å². The average molecular weight is 340 g/mol. The van der Waals surface area contributed by atoms with Gasteiger partial charge in [-0.3, -0.25) is 4.79 Å². The number of carbonyl (C=O) groups is 1. The summed E-state index contributed by atoms with van der Waals surface area (Å²) in [5, 5.41) is 0. The Labute approximate surface area is 116 Å². The molecule has 104 valence electrons. The monoisotopic (exact) mass is 339 g/mol. The summed E-state index contributed by atoms with van der Waals surface area (Å²) in [4.78, 5) is 10.9. The van der Waals surface area contributed by atoms with Crippen LogP contribution >= 0.6 is 15.9 Å². The van der Waals surface area contributed by atoms with Gasteiger partial charge in [-0.15, -0.1) is 0 Å². The SMILES string of the molecule is COC(=O)CCCS(=O)(=O)N1CCC(C)=C(Br)C1. The van der Waals surface area contributed by atoms with Gasteiger partial charge in [-0.1, -0.05) is 21.5 Å². The summed E-state index contributed by atoms with van der Waals surface area (Å²) in [7, 11) is -1.98. The fourth-order valence-electron chi connectivity index (χ4n) is 1.66. The first-order valence-corrected chi connectivity index (χ1v) is 8.16. The second-order valence-corrected chi connectivity index (χ2v) is 7.31. The van der Waals surface area contributed by atoms with Gasteiger partial charge in [0.15, 0.2) is 0 Å². The first-order chi connectivity index (χ1) is 8.36. The van der Waals surface area contributed by atoms with Crippen LogP contribution in [0.3, 0.4) is 0 Å². The fourth-order valence-corrected chi connectivity index (χ4v) is 3.79. The maximum atomic E-state index is 12.0. The zero-order valence-electron chi connectivity index (χ0n) is 10.6. The number of carbonyl (C=O) groups excluding carboxylic acids is 1. The van der Waals surface area contributed by atoms with Crippen LogP contribution in [0.15, 0.2) is 10.1 Å². The topological polar surface area (TPSA) is 63.7 Å². The standard InChI is InChI=1S/C11H18BrNO4S/c1-9-5-6-13(8-10(9)12)18(15,16)7-3-4-11(14)17-2/h3-8H2,1-2H3. The number of esters is 1. The third-order valence-electron chi connectivity index (χ3n) is 2.92. The number of hydrogen-bond acceptors (Lipinski definition) is 4. The van der Waals surface area contributed by atoms with Crippen LogP contribution in [0.25, 0.3) is 0 Å². The molecule has 1 aliphatic heterocycles. The molecule has 0 aliphatic carbocycles. The maximum Gasteiger partial charge on any atom is 0.305 e. The van der Waals surface area contributed by atoms with E-state index < -0.39 is 10.0 Å². The van der Waals surface area contributed by atoms with Crippen molar-refractivity contribution in [2.45, 2.75) is 26.2 Å². The van der Waals surface area contributed by atoms with Gasteiger partial charge in [0.05, 0.1) is 12.9 Å². The van der Waals surface area contributed by atoms with Gasteiger partial charge in [-0.05, 0) is 19.8 Å². The lowest BCUT2D eigenvalue weighted by atomic mass is 10.1. The molecule has 0 saturated carbocycles. The van der Waals surface area contributed by atoms with Crippen LogP contribution in [-0.4, -0.2) is 44.6 Å². The number of sulfonamides is 1. The summed E-state index contributed by atoms with van der Waals surface area (Å²) < 4.78 is 31.0. The van der Waals surface area contributed by atoms with E-state index in [1.165, 1.54) is 17.0 Å². The molecule has 0 aromatic heterocycles. The Bertz CT molecular complexity index is 444. The van der Waals surface area contributed by atoms with Crippen molar-refractivity contribution in [1.29, 1.82) is 0 Å². The lowest BCUT2D eigenvalue weighted by Gasteiger charge is -2.27. The van der Waals surface area contributed by atoms with Crippen LogP contribution in [0.5, 0.6) is 0 Å². The second-order valence-electron chi connectivity index (χ2n) is 4.26. The summed E-state index contributed by atoms with van der Waals surface area (Å²) in [6.45, 7) is 2.90. The minimum atomic E-state index is -3.28. The number of methoxy groups -OCH3 is 1. The Hall–Kier alpha value is -0.400. The molecule has 0 fully saturated rings. The molecule has 0 unspecified atom stereocenters. The quantitative estimate of drug-likeness (QED) is 0.714. The van der Waals surface area contributed by atoms with Crippen LogP contribution in [0.2, 0.25) is 0 Å². The molecule has 1 heterocycles. The van der Waals surface area contributed by atoms with E-state index in [4.69, 9.17) is 0 Å². The van der Waals surface area contributed by atoms with Crippen LogP contribution in [0.4, 0.5) is 0 Å². The molecule has 0 radical (unpaired) electrons. The van der Waals surface area contributed by atoms with Gasteiger partial charge in [0.2, 0.25) is 10.0 Å². The molecule has 5 nitrogen and oxygen atoms in total. The van der Waals surface area contributed by atoms with E-state index in [-0.39, 0.29) is 18.1 Å². The zero-order chi connectivity index (χ0) is 13.8. The Morgan fingerprint density at radius 3 is 2.72 bits per heavy atom. The van der Waals surface area contributed by atoms with E-state index in [1.807, 2.05) is 6.92 Å². The van der Waals surface area contributed by atoms with Crippen molar-refractivity contribution < 1.29 is 17.9 Å². The molecular weight excluding hydrogens is 322 g/mol. The van der Waals surface area contributed by atoms with E-state index in [9.17, 15) is 13.2 Å². The van der Waals surface area contributed by atoms with Crippen LogP contribution < -0.4 is 0 Å². The maximum absolute atomic E-state index is 12.0. The first kappa shape index (κ1) is 15.7. The highest BCUT2D eigenvalue weighted by molar-refractivity contribution is 9.11. The predicted octanol–water partition coefficient (Wildman–Crippen LogP) is 1.64. The van der Waals surface area contributed by atoms with Crippen molar-refractivity contribution >= 4 is 31.9 Å². The molecule has 18 heavy (non-hydrogen) atoms. The Morgan fingerprint density at radius 1 is 1.50 bits per heavy atom. The van der Waals surface area contributed by atoms with Gasteiger partial charge in [0.25, 0.3) is 0 Å². The summed E-state index contributed by atoms with van der Waals surface area (Å²) in [6, 6.07) is 0. The highest BCUT2D eigenvalue weighted by Crippen LogP contribution is 2.24. The fraction of sp³-hybridized carbons (Fsp3) is 0.727. The Balaban J connectivity index is 2.52. The third-order valence-corrected chi connectivity index (χ3v) is 5.75. The zero-order valence-corrected chi connectivity index (χ0v) is 13.0. The molecule has 0 spiro atoms. The van der Waals surface area contributed by atoms with E-state index in [1.54, 1.807) is 0 Å². The largest absolute Gasteiger partial charge is 0.469 e. The lowest BCUT2D eigenvalue weighted by Crippen LogP contribution is -2.37. The Morgan fingerprint density at radius 2 is 2.17 bits per heavy atom. The molecule has 1 aliphatic rings. The smallest absolute Gasteiger partial charge is 0.305 e. The molecule has 0 aromatic rings. The number of rotatable bonds is 5. The highest BCUT2D eigenvalue weighted by Gasteiger charge is 2.25. The van der Waals surface area contributed by atoms with E-state index >= 15 is 0 Å². The van der Waals surface area contributed by atoms with Gasteiger partial charge in [-0.2, -0.15) is 4.31 Å². The third kappa shape index (κ3) is 4.37. The molecule has 7 heteroatoms. The molecule has 0 bridgehead atoms. The van der Waals surface area contributed by atoms with Gasteiger partial charge in [0.1, 0.15) is 0 Å². The molecule has 0 saturated heterocycles. The first-order valence-electron chi connectivity index (χ1n) is 5.75. The summed E-state index contributed by atoms with van der Waals surface area (Å²) in [6.07, 6.45) is 1.18.